The van der Waals surface area contributed by atoms with E-state index in [1.807, 2.05) is 0 Å². The van der Waals surface area contributed by atoms with Gasteiger partial charge in [-0.2, -0.15) is 0 Å². The molecule has 0 aliphatic heterocycles. The van der Waals surface area contributed by atoms with E-state index in [1.165, 1.54) is 0 Å². The molecule has 1 aliphatic rings. The number of amides is 1. The zero-order chi connectivity index (χ0) is 14.4. The van der Waals surface area contributed by atoms with Gasteiger partial charge in [-0.3, -0.25) is 4.79 Å². The van der Waals surface area contributed by atoms with Crippen molar-refractivity contribution in [3.05, 3.63) is 28.8 Å². The predicted molar refractivity (Wildman–Crippen MR) is 79.2 cm³/mol. The number of halogens is 1. The third kappa shape index (κ3) is 2.20. The first-order chi connectivity index (χ1) is 8.69. The first-order valence-corrected chi connectivity index (χ1v) is 6.89. The van der Waals surface area contributed by atoms with Crippen LogP contribution in [0.25, 0.3) is 0 Å². The van der Waals surface area contributed by atoms with Gasteiger partial charge in [0.25, 0.3) is 5.91 Å². The van der Waals surface area contributed by atoms with Crippen molar-refractivity contribution in [1.29, 1.82) is 0 Å². The minimum absolute atomic E-state index is 0.193. The minimum Gasteiger partial charge on any atom is -0.398 e. The first-order valence-electron chi connectivity index (χ1n) is 6.51. The third-order valence-electron chi connectivity index (χ3n) is 5.06. The van der Waals surface area contributed by atoms with Gasteiger partial charge in [0.1, 0.15) is 0 Å². The van der Waals surface area contributed by atoms with Crippen molar-refractivity contribution in [2.24, 2.45) is 16.7 Å². The van der Waals surface area contributed by atoms with E-state index in [1.54, 1.807) is 18.2 Å². The summed E-state index contributed by atoms with van der Waals surface area (Å²) >= 11 is 6.03. The van der Waals surface area contributed by atoms with Crippen LogP contribution in [0, 0.1) is 16.7 Å². The Kier molecular flexibility index (Phi) is 3.29. The van der Waals surface area contributed by atoms with Crippen molar-refractivity contribution >= 4 is 23.2 Å². The average Bonchev–Trinajstić information content (AvgIpc) is 2.66. The molecule has 1 aromatic rings. The highest BCUT2D eigenvalue weighted by molar-refractivity contribution is 6.34. The summed E-state index contributed by atoms with van der Waals surface area (Å²) in [5.41, 5.74) is 7.11. The highest BCUT2D eigenvalue weighted by Gasteiger charge is 2.64. The van der Waals surface area contributed by atoms with E-state index in [9.17, 15) is 4.79 Å². The second-order valence-electron chi connectivity index (χ2n) is 6.41. The van der Waals surface area contributed by atoms with Gasteiger partial charge in [0.05, 0.1) is 10.6 Å². The van der Waals surface area contributed by atoms with Crippen LogP contribution in [0.15, 0.2) is 18.2 Å². The van der Waals surface area contributed by atoms with Gasteiger partial charge >= 0.3 is 0 Å². The second-order valence-corrected chi connectivity index (χ2v) is 6.82. The normalized spacial score (nSPS) is 20.1. The molecular formula is C15H21ClN2O. The maximum Gasteiger partial charge on any atom is 0.254 e. The molecule has 4 heteroatoms. The van der Waals surface area contributed by atoms with Crippen LogP contribution in [-0.2, 0) is 0 Å². The van der Waals surface area contributed by atoms with Crippen LogP contribution >= 0.6 is 11.6 Å². The van der Waals surface area contributed by atoms with Crippen LogP contribution in [0.5, 0.6) is 0 Å². The van der Waals surface area contributed by atoms with Gasteiger partial charge < -0.3 is 11.1 Å². The topological polar surface area (TPSA) is 55.1 Å². The quantitative estimate of drug-likeness (QED) is 0.835. The molecule has 2 rings (SSSR count). The van der Waals surface area contributed by atoms with Crippen molar-refractivity contribution in [2.45, 2.75) is 27.7 Å². The molecule has 0 atom stereocenters. The predicted octanol–water partition coefficient (Wildman–Crippen LogP) is 3.33. The smallest absolute Gasteiger partial charge is 0.254 e. The number of nitrogens with two attached hydrogens (primary N) is 1. The fourth-order valence-corrected chi connectivity index (χ4v) is 3.17. The molecule has 1 fully saturated rings. The number of rotatable bonds is 3. The molecule has 3 nitrogen and oxygen atoms in total. The number of hydrogen-bond acceptors (Lipinski definition) is 2. The summed E-state index contributed by atoms with van der Waals surface area (Å²) in [6.45, 7) is 9.58. The molecule has 1 aliphatic carbocycles. The lowest BCUT2D eigenvalue weighted by Gasteiger charge is -2.10. The molecule has 19 heavy (non-hydrogen) atoms. The summed E-state index contributed by atoms with van der Waals surface area (Å²) in [4.78, 5) is 12.2. The van der Waals surface area contributed by atoms with Crippen LogP contribution in [0.3, 0.4) is 0 Å². The summed E-state index contributed by atoms with van der Waals surface area (Å²) in [5, 5.41) is 3.35. The summed E-state index contributed by atoms with van der Waals surface area (Å²) < 4.78 is 0. The summed E-state index contributed by atoms with van der Waals surface area (Å²) in [7, 11) is 0. The lowest BCUT2D eigenvalue weighted by atomic mass is 10.0. The van der Waals surface area contributed by atoms with E-state index in [0.29, 0.717) is 28.7 Å². The van der Waals surface area contributed by atoms with Crippen LogP contribution in [0.4, 0.5) is 5.69 Å². The first kappa shape index (κ1) is 14.2. The molecule has 0 saturated heterocycles. The fourth-order valence-electron chi connectivity index (χ4n) is 2.91. The lowest BCUT2D eigenvalue weighted by Crippen LogP contribution is -2.28. The maximum absolute atomic E-state index is 12.2. The molecule has 0 heterocycles. The number of benzene rings is 1. The van der Waals surface area contributed by atoms with Crippen LogP contribution in [-0.4, -0.2) is 12.5 Å². The van der Waals surface area contributed by atoms with Gasteiger partial charge in [-0.15, -0.1) is 0 Å². The molecule has 0 unspecified atom stereocenters. The zero-order valence-corrected chi connectivity index (χ0v) is 12.6. The van der Waals surface area contributed by atoms with Crippen molar-refractivity contribution in [3.8, 4) is 0 Å². The Balaban J connectivity index is 2.04. The number of nitrogen functional groups attached to an aromatic ring is 1. The highest BCUT2D eigenvalue weighted by atomic mass is 35.5. The number of anilines is 1. The summed E-state index contributed by atoms with van der Waals surface area (Å²) in [5.74, 6) is 0.286. The Morgan fingerprint density at radius 3 is 2.37 bits per heavy atom. The zero-order valence-electron chi connectivity index (χ0n) is 11.9. The van der Waals surface area contributed by atoms with E-state index in [0.717, 1.165) is 0 Å². The van der Waals surface area contributed by atoms with E-state index >= 15 is 0 Å². The van der Waals surface area contributed by atoms with Gasteiger partial charge in [0.2, 0.25) is 0 Å². The van der Waals surface area contributed by atoms with E-state index in [4.69, 9.17) is 17.3 Å². The molecule has 0 radical (unpaired) electrons. The highest BCUT2D eigenvalue weighted by Crippen LogP contribution is 2.67. The van der Waals surface area contributed by atoms with Crippen LogP contribution in [0.2, 0.25) is 5.02 Å². The molecule has 0 aromatic heterocycles. The monoisotopic (exact) mass is 280 g/mol. The average molecular weight is 281 g/mol. The SMILES string of the molecule is CC1(C)C(CNC(=O)c2c(N)cccc2Cl)C1(C)C. The molecule has 0 bridgehead atoms. The van der Waals surface area contributed by atoms with Crippen molar-refractivity contribution < 1.29 is 4.79 Å². The number of carbonyl (C=O) groups excluding carboxylic acids is 1. The van der Waals surface area contributed by atoms with Gasteiger partial charge in [0.15, 0.2) is 0 Å². The molecule has 1 saturated carbocycles. The van der Waals surface area contributed by atoms with Crippen molar-refractivity contribution in [2.75, 3.05) is 12.3 Å². The Labute approximate surface area is 119 Å². The Morgan fingerprint density at radius 2 is 1.89 bits per heavy atom. The van der Waals surface area contributed by atoms with Gasteiger partial charge in [-0.1, -0.05) is 45.4 Å². The van der Waals surface area contributed by atoms with Gasteiger partial charge in [-0.05, 0) is 28.9 Å². The van der Waals surface area contributed by atoms with Crippen molar-refractivity contribution in [1.82, 2.24) is 5.32 Å². The second kappa shape index (κ2) is 4.41. The molecule has 1 aromatic carbocycles. The van der Waals surface area contributed by atoms with Crippen molar-refractivity contribution in [3.63, 3.8) is 0 Å². The Hall–Kier alpha value is -1.22. The number of hydrogen-bond donors (Lipinski definition) is 2. The minimum atomic E-state index is -0.193. The van der Waals surface area contributed by atoms with Gasteiger partial charge in [0, 0.05) is 12.2 Å². The molecular weight excluding hydrogens is 260 g/mol. The molecule has 3 N–H and O–H groups in total. The summed E-state index contributed by atoms with van der Waals surface area (Å²) in [6, 6.07) is 5.10. The molecule has 104 valence electrons. The lowest BCUT2D eigenvalue weighted by molar-refractivity contribution is 0.0951. The van der Waals surface area contributed by atoms with E-state index in [2.05, 4.69) is 33.0 Å². The largest absolute Gasteiger partial charge is 0.398 e. The van der Waals surface area contributed by atoms with E-state index in [-0.39, 0.29) is 16.7 Å². The number of nitrogens with one attached hydrogen (secondary N) is 1. The third-order valence-corrected chi connectivity index (χ3v) is 5.37. The van der Waals surface area contributed by atoms with Crippen LogP contribution < -0.4 is 11.1 Å². The Morgan fingerprint density at radius 1 is 1.32 bits per heavy atom. The summed E-state index contributed by atoms with van der Waals surface area (Å²) in [6.07, 6.45) is 0. The molecule has 0 spiro atoms. The fraction of sp³-hybridized carbons (Fsp3) is 0.533. The maximum atomic E-state index is 12.2. The van der Waals surface area contributed by atoms with Crippen LogP contribution in [0.1, 0.15) is 38.1 Å². The standard InChI is InChI=1S/C15H21ClN2O/c1-14(2)11(15(14,3)4)8-18-13(19)12-9(16)6-5-7-10(12)17/h5-7,11H,8,17H2,1-4H3,(H,18,19). The van der Waals surface area contributed by atoms with Gasteiger partial charge in [-0.25, -0.2) is 0 Å². The molecule has 1 amide bonds. The van der Waals surface area contributed by atoms with E-state index < -0.39 is 0 Å². The Bertz CT molecular complexity index is 489. The number of carbonyl (C=O) groups is 1.